The van der Waals surface area contributed by atoms with E-state index in [0.29, 0.717) is 11.7 Å². The first-order chi connectivity index (χ1) is 17.5. The molecular weight excluding hydrogens is 470 g/mol. The Balaban J connectivity index is 1.51. The van der Waals surface area contributed by atoms with Crippen LogP contribution in [0, 0.1) is 0 Å². The topological polar surface area (TPSA) is 59.8 Å². The molecule has 4 aromatic rings. The first kappa shape index (κ1) is 23.9. The van der Waals surface area contributed by atoms with Crippen LogP contribution in [0.15, 0.2) is 89.5 Å². The standard InChI is InChI=1S/C29H29N3O3S/c1-4-33-22-12-8-20(9-13-22)25-16-17-26(35-25)28-27(24-7-5-6-18-30-24)31-29(36)32(28)21-10-14-23(15-11-21)34-19(2)3/h5-19,27-28H,4H2,1-3H3,(H,31,36)/t27-,28+/m1/s1. The van der Waals surface area contributed by atoms with Crippen molar-refractivity contribution in [2.45, 2.75) is 39.0 Å². The Labute approximate surface area is 216 Å². The average molecular weight is 500 g/mol. The third-order valence-corrected chi connectivity index (χ3v) is 6.27. The molecule has 0 bridgehead atoms. The number of nitrogens with one attached hydrogen (secondary N) is 1. The summed E-state index contributed by atoms with van der Waals surface area (Å²) in [5.41, 5.74) is 2.83. The van der Waals surface area contributed by atoms with E-state index < -0.39 is 0 Å². The minimum Gasteiger partial charge on any atom is -0.494 e. The summed E-state index contributed by atoms with van der Waals surface area (Å²) in [4.78, 5) is 6.71. The van der Waals surface area contributed by atoms with Gasteiger partial charge in [0.1, 0.15) is 29.1 Å². The molecule has 3 heterocycles. The molecule has 1 N–H and O–H groups in total. The van der Waals surface area contributed by atoms with Crippen molar-refractivity contribution in [1.29, 1.82) is 0 Å². The van der Waals surface area contributed by atoms with Gasteiger partial charge in [0, 0.05) is 17.4 Å². The molecule has 5 rings (SSSR count). The summed E-state index contributed by atoms with van der Waals surface area (Å²) < 4.78 is 17.9. The van der Waals surface area contributed by atoms with Crippen molar-refractivity contribution in [3.8, 4) is 22.8 Å². The monoisotopic (exact) mass is 499 g/mol. The van der Waals surface area contributed by atoms with Crippen molar-refractivity contribution in [2.75, 3.05) is 11.5 Å². The highest BCUT2D eigenvalue weighted by Gasteiger charge is 2.42. The number of hydrogen-bond donors (Lipinski definition) is 1. The third-order valence-electron chi connectivity index (χ3n) is 5.95. The number of hydrogen-bond acceptors (Lipinski definition) is 5. The van der Waals surface area contributed by atoms with Gasteiger partial charge < -0.3 is 24.1 Å². The first-order valence-electron chi connectivity index (χ1n) is 12.1. The van der Waals surface area contributed by atoms with Gasteiger partial charge in [0.25, 0.3) is 0 Å². The number of nitrogens with zero attached hydrogens (tertiary/aromatic N) is 2. The van der Waals surface area contributed by atoms with Gasteiger partial charge in [0.2, 0.25) is 0 Å². The van der Waals surface area contributed by atoms with E-state index in [-0.39, 0.29) is 18.2 Å². The largest absolute Gasteiger partial charge is 0.494 e. The molecule has 1 saturated heterocycles. The van der Waals surface area contributed by atoms with E-state index in [1.54, 1.807) is 6.20 Å². The van der Waals surface area contributed by atoms with Crippen LogP contribution < -0.4 is 19.7 Å². The van der Waals surface area contributed by atoms with Crippen LogP contribution in [-0.4, -0.2) is 22.8 Å². The van der Waals surface area contributed by atoms with Crippen LogP contribution in [0.5, 0.6) is 11.5 Å². The molecule has 2 aromatic heterocycles. The zero-order chi connectivity index (χ0) is 25.1. The Morgan fingerprint density at radius 1 is 0.972 bits per heavy atom. The van der Waals surface area contributed by atoms with Crippen molar-refractivity contribution in [2.24, 2.45) is 0 Å². The van der Waals surface area contributed by atoms with E-state index in [9.17, 15) is 0 Å². The molecule has 0 saturated carbocycles. The van der Waals surface area contributed by atoms with Crippen LogP contribution >= 0.6 is 12.2 Å². The Morgan fingerprint density at radius 2 is 1.72 bits per heavy atom. The molecule has 0 radical (unpaired) electrons. The molecule has 0 aliphatic carbocycles. The van der Waals surface area contributed by atoms with E-state index >= 15 is 0 Å². The van der Waals surface area contributed by atoms with E-state index in [1.807, 2.05) is 99.6 Å². The molecule has 7 heteroatoms. The molecule has 6 nitrogen and oxygen atoms in total. The molecule has 0 spiro atoms. The van der Waals surface area contributed by atoms with Gasteiger partial charge in [0.05, 0.1) is 24.4 Å². The predicted molar refractivity (Wildman–Crippen MR) is 145 cm³/mol. The second-order valence-electron chi connectivity index (χ2n) is 8.82. The maximum atomic E-state index is 6.45. The smallest absolute Gasteiger partial charge is 0.174 e. The molecule has 2 atom stereocenters. The van der Waals surface area contributed by atoms with Crippen molar-refractivity contribution >= 4 is 23.0 Å². The molecule has 1 aliphatic rings. The Hall–Kier alpha value is -3.84. The first-order valence-corrected chi connectivity index (χ1v) is 12.5. The lowest BCUT2D eigenvalue weighted by Crippen LogP contribution is -2.29. The fourth-order valence-electron chi connectivity index (χ4n) is 4.43. The van der Waals surface area contributed by atoms with Crippen LogP contribution in [0.2, 0.25) is 0 Å². The Morgan fingerprint density at radius 3 is 2.39 bits per heavy atom. The molecule has 1 fully saturated rings. The van der Waals surface area contributed by atoms with Crippen molar-refractivity contribution in [3.63, 3.8) is 0 Å². The summed E-state index contributed by atoms with van der Waals surface area (Å²) >= 11 is 5.82. The van der Waals surface area contributed by atoms with Crippen molar-refractivity contribution in [1.82, 2.24) is 10.3 Å². The fraction of sp³-hybridized carbons (Fsp3) is 0.241. The van der Waals surface area contributed by atoms with Gasteiger partial charge in [0.15, 0.2) is 5.11 Å². The van der Waals surface area contributed by atoms with E-state index in [1.165, 1.54) is 0 Å². The number of pyridine rings is 1. The van der Waals surface area contributed by atoms with Crippen LogP contribution in [0.25, 0.3) is 11.3 Å². The zero-order valence-electron chi connectivity index (χ0n) is 20.5. The number of benzene rings is 2. The quantitative estimate of drug-likeness (QED) is 0.271. The highest BCUT2D eigenvalue weighted by Crippen LogP contribution is 2.43. The summed E-state index contributed by atoms with van der Waals surface area (Å²) in [5, 5.41) is 4.09. The summed E-state index contributed by atoms with van der Waals surface area (Å²) in [6.07, 6.45) is 1.90. The van der Waals surface area contributed by atoms with E-state index in [4.69, 9.17) is 26.1 Å². The summed E-state index contributed by atoms with van der Waals surface area (Å²) in [6, 6.07) is 25.4. The molecule has 2 aromatic carbocycles. The second-order valence-corrected chi connectivity index (χ2v) is 9.20. The molecule has 184 valence electrons. The third kappa shape index (κ3) is 4.93. The molecule has 0 unspecified atom stereocenters. The number of aromatic nitrogens is 1. The maximum absolute atomic E-state index is 6.45. The fourth-order valence-corrected chi connectivity index (χ4v) is 4.77. The van der Waals surface area contributed by atoms with Gasteiger partial charge in [-0.25, -0.2) is 0 Å². The van der Waals surface area contributed by atoms with Gasteiger partial charge in [-0.05, 0) is 106 Å². The van der Waals surface area contributed by atoms with Crippen LogP contribution in [0.4, 0.5) is 5.69 Å². The predicted octanol–water partition coefficient (Wildman–Crippen LogP) is 6.70. The van der Waals surface area contributed by atoms with Gasteiger partial charge >= 0.3 is 0 Å². The van der Waals surface area contributed by atoms with Gasteiger partial charge in [-0.3, -0.25) is 4.98 Å². The van der Waals surface area contributed by atoms with Crippen LogP contribution in [-0.2, 0) is 0 Å². The summed E-state index contributed by atoms with van der Waals surface area (Å²) in [5.74, 6) is 3.24. The second kappa shape index (κ2) is 10.4. The number of thiocarbonyl (C=S) groups is 1. The number of ether oxygens (including phenoxy) is 2. The minimum atomic E-state index is -0.222. The van der Waals surface area contributed by atoms with Gasteiger partial charge in [-0.1, -0.05) is 6.07 Å². The van der Waals surface area contributed by atoms with E-state index in [2.05, 4.69) is 15.2 Å². The lowest BCUT2D eigenvalue weighted by molar-refractivity contribution is 0.242. The zero-order valence-corrected chi connectivity index (χ0v) is 21.4. The summed E-state index contributed by atoms with van der Waals surface area (Å²) in [7, 11) is 0. The van der Waals surface area contributed by atoms with Crippen molar-refractivity contribution in [3.05, 3.63) is 96.5 Å². The van der Waals surface area contributed by atoms with Gasteiger partial charge in [-0.2, -0.15) is 0 Å². The molecule has 1 aliphatic heterocycles. The van der Waals surface area contributed by atoms with Crippen molar-refractivity contribution < 1.29 is 13.9 Å². The van der Waals surface area contributed by atoms with Crippen LogP contribution in [0.1, 0.15) is 44.3 Å². The molecule has 0 amide bonds. The van der Waals surface area contributed by atoms with Crippen LogP contribution in [0.3, 0.4) is 0 Å². The number of anilines is 1. The molecular formula is C29H29N3O3S. The lowest BCUT2D eigenvalue weighted by atomic mass is 10.0. The normalized spacial score (nSPS) is 17.3. The minimum absolute atomic E-state index is 0.107. The van der Waals surface area contributed by atoms with Gasteiger partial charge in [-0.15, -0.1) is 0 Å². The Bertz CT molecular complexity index is 1300. The SMILES string of the molecule is CCOc1ccc(-c2ccc([C@H]3[C@@H](c4ccccn4)NC(=S)N3c3ccc(OC(C)C)cc3)o2)cc1. The Kier molecular flexibility index (Phi) is 6.91. The molecule has 36 heavy (non-hydrogen) atoms. The lowest BCUT2D eigenvalue weighted by Gasteiger charge is -2.26. The maximum Gasteiger partial charge on any atom is 0.174 e. The summed E-state index contributed by atoms with van der Waals surface area (Å²) in [6.45, 7) is 6.63. The van der Waals surface area contributed by atoms with E-state index in [0.717, 1.165) is 40.0 Å². The highest BCUT2D eigenvalue weighted by atomic mass is 32.1. The number of rotatable bonds is 8. The highest BCUT2D eigenvalue weighted by molar-refractivity contribution is 7.80. The average Bonchev–Trinajstić information content (AvgIpc) is 3.50. The number of furan rings is 1.